The van der Waals surface area contributed by atoms with Crippen LogP contribution in [-0.4, -0.2) is 23.5 Å². The van der Waals surface area contributed by atoms with E-state index in [9.17, 15) is 8.78 Å². The second-order valence-corrected chi connectivity index (χ2v) is 4.30. The third-order valence-electron chi connectivity index (χ3n) is 2.90. The summed E-state index contributed by atoms with van der Waals surface area (Å²) in [6.07, 6.45) is 3.62. The number of alkyl halides is 2. The van der Waals surface area contributed by atoms with Crippen LogP contribution < -0.4 is 14.8 Å². The van der Waals surface area contributed by atoms with Crippen LogP contribution >= 0.6 is 0 Å². The smallest absolute Gasteiger partial charge is 0.387 e. The molecular formula is C14H17F2N3O2. The summed E-state index contributed by atoms with van der Waals surface area (Å²) >= 11 is 0. The molecule has 2 aromatic rings. The molecule has 0 unspecified atom stereocenters. The Morgan fingerprint density at radius 1 is 1.38 bits per heavy atom. The number of aryl methyl sites for hydroxylation is 1. The highest BCUT2D eigenvalue weighted by atomic mass is 19.3. The lowest BCUT2D eigenvalue weighted by Crippen LogP contribution is -2.06. The van der Waals surface area contributed by atoms with Gasteiger partial charge in [-0.05, 0) is 19.1 Å². The van der Waals surface area contributed by atoms with Crippen molar-refractivity contribution in [2.75, 3.05) is 12.4 Å². The molecule has 21 heavy (non-hydrogen) atoms. The van der Waals surface area contributed by atoms with Crippen LogP contribution in [0.5, 0.6) is 11.5 Å². The number of benzene rings is 1. The van der Waals surface area contributed by atoms with E-state index in [1.54, 1.807) is 23.0 Å². The highest BCUT2D eigenvalue weighted by molar-refractivity contribution is 5.59. The maximum atomic E-state index is 12.4. The summed E-state index contributed by atoms with van der Waals surface area (Å²) in [6, 6.07) is 4.63. The lowest BCUT2D eigenvalue weighted by atomic mass is 10.2. The van der Waals surface area contributed by atoms with Gasteiger partial charge in [0.1, 0.15) is 11.5 Å². The minimum atomic E-state index is -2.87. The highest BCUT2D eigenvalue weighted by Gasteiger charge is 2.11. The number of anilines is 1. The van der Waals surface area contributed by atoms with E-state index >= 15 is 0 Å². The SMILES string of the molecule is CCn1cc(CNc2cc(OC)ccc2OC(F)F)cn1. The molecule has 0 aliphatic rings. The van der Waals surface area contributed by atoms with Gasteiger partial charge in [-0.15, -0.1) is 0 Å². The number of ether oxygens (including phenoxy) is 2. The summed E-state index contributed by atoms with van der Waals surface area (Å²) in [5.74, 6) is 0.636. The topological polar surface area (TPSA) is 48.3 Å². The second-order valence-electron chi connectivity index (χ2n) is 4.30. The van der Waals surface area contributed by atoms with Gasteiger partial charge in [0.15, 0.2) is 0 Å². The lowest BCUT2D eigenvalue weighted by molar-refractivity contribution is -0.0494. The van der Waals surface area contributed by atoms with Crippen LogP contribution in [-0.2, 0) is 13.1 Å². The molecule has 0 aliphatic heterocycles. The van der Waals surface area contributed by atoms with Gasteiger partial charge in [-0.25, -0.2) is 0 Å². The summed E-state index contributed by atoms with van der Waals surface area (Å²) in [7, 11) is 1.51. The third-order valence-corrected chi connectivity index (χ3v) is 2.90. The third kappa shape index (κ3) is 4.08. The molecule has 1 N–H and O–H groups in total. The van der Waals surface area contributed by atoms with Gasteiger partial charge in [-0.3, -0.25) is 4.68 Å². The first-order valence-corrected chi connectivity index (χ1v) is 6.50. The molecule has 114 valence electrons. The maximum Gasteiger partial charge on any atom is 0.387 e. The molecule has 0 atom stereocenters. The minimum Gasteiger partial charge on any atom is -0.497 e. The Labute approximate surface area is 121 Å². The van der Waals surface area contributed by atoms with E-state index in [2.05, 4.69) is 15.2 Å². The molecule has 0 bridgehead atoms. The molecular weight excluding hydrogens is 280 g/mol. The molecule has 0 fully saturated rings. The van der Waals surface area contributed by atoms with Crippen LogP contribution in [0.2, 0.25) is 0 Å². The zero-order valence-corrected chi connectivity index (χ0v) is 11.8. The molecule has 7 heteroatoms. The van der Waals surface area contributed by atoms with Crippen LogP contribution in [0.3, 0.4) is 0 Å². The molecule has 0 saturated carbocycles. The normalized spacial score (nSPS) is 10.7. The molecule has 1 heterocycles. The number of nitrogens with one attached hydrogen (secondary N) is 1. The van der Waals surface area contributed by atoms with Crippen molar-refractivity contribution in [1.82, 2.24) is 9.78 Å². The fourth-order valence-corrected chi connectivity index (χ4v) is 1.84. The summed E-state index contributed by atoms with van der Waals surface area (Å²) in [6.45, 7) is 0.341. The summed E-state index contributed by atoms with van der Waals surface area (Å²) in [4.78, 5) is 0. The van der Waals surface area contributed by atoms with Crippen molar-refractivity contribution in [3.05, 3.63) is 36.2 Å². The molecule has 0 radical (unpaired) electrons. The zero-order chi connectivity index (χ0) is 15.2. The van der Waals surface area contributed by atoms with Crippen molar-refractivity contribution in [2.45, 2.75) is 26.6 Å². The van der Waals surface area contributed by atoms with Crippen molar-refractivity contribution in [3.63, 3.8) is 0 Å². The minimum absolute atomic E-state index is 0.0775. The molecule has 0 amide bonds. The fourth-order valence-electron chi connectivity index (χ4n) is 1.84. The van der Waals surface area contributed by atoms with Crippen LogP contribution in [0, 0.1) is 0 Å². The van der Waals surface area contributed by atoms with E-state index in [4.69, 9.17) is 4.74 Å². The van der Waals surface area contributed by atoms with Gasteiger partial charge in [0.2, 0.25) is 0 Å². The number of hydrogen-bond donors (Lipinski definition) is 1. The molecule has 0 aliphatic carbocycles. The predicted octanol–water partition coefficient (Wildman–Crippen LogP) is 3.13. The van der Waals surface area contributed by atoms with Gasteiger partial charge >= 0.3 is 6.61 Å². The van der Waals surface area contributed by atoms with Crippen molar-refractivity contribution in [2.24, 2.45) is 0 Å². The Hall–Kier alpha value is -2.31. The van der Waals surface area contributed by atoms with E-state index in [0.717, 1.165) is 12.1 Å². The number of halogens is 2. The fraction of sp³-hybridized carbons (Fsp3) is 0.357. The number of methoxy groups -OCH3 is 1. The van der Waals surface area contributed by atoms with Crippen molar-refractivity contribution < 1.29 is 18.3 Å². The number of aromatic nitrogens is 2. The van der Waals surface area contributed by atoms with E-state index < -0.39 is 6.61 Å². The quantitative estimate of drug-likeness (QED) is 0.853. The largest absolute Gasteiger partial charge is 0.497 e. The van der Waals surface area contributed by atoms with Crippen LogP contribution in [0.1, 0.15) is 12.5 Å². The summed E-state index contributed by atoms with van der Waals surface area (Å²) in [5.41, 5.74) is 1.39. The Morgan fingerprint density at radius 2 is 2.19 bits per heavy atom. The Balaban J connectivity index is 2.12. The molecule has 0 saturated heterocycles. The Bertz CT molecular complexity index is 587. The maximum absolute atomic E-state index is 12.4. The van der Waals surface area contributed by atoms with Crippen molar-refractivity contribution in [3.8, 4) is 11.5 Å². The van der Waals surface area contributed by atoms with Gasteiger partial charge in [0.25, 0.3) is 0 Å². The average molecular weight is 297 g/mol. The van der Waals surface area contributed by atoms with Crippen LogP contribution in [0.25, 0.3) is 0 Å². The van der Waals surface area contributed by atoms with Crippen molar-refractivity contribution >= 4 is 5.69 Å². The molecule has 1 aromatic heterocycles. The number of nitrogens with zero attached hydrogens (tertiary/aromatic N) is 2. The Morgan fingerprint density at radius 3 is 2.81 bits per heavy atom. The Kier molecular flexibility index (Phi) is 4.97. The highest BCUT2D eigenvalue weighted by Crippen LogP contribution is 2.30. The van der Waals surface area contributed by atoms with Gasteiger partial charge in [-0.2, -0.15) is 13.9 Å². The second kappa shape index (κ2) is 6.92. The first-order chi connectivity index (χ1) is 10.1. The van der Waals surface area contributed by atoms with E-state index in [-0.39, 0.29) is 5.75 Å². The average Bonchev–Trinajstić information content (AvgIpc) is 2.93. The molecule has 0 spiro atoms. The summed E-state index contributed by atoms with van der Waals surface area (Å²) in [5, 5.41) is 7.21. The monoisotopic (exact) mass is 297 g/mol. The molecule has 2 rings (SSSR count). The van der Waals surface area contributed by atoms with Crippen molar-refractivity contribution in [1.29, 1.82) is 0 Å². The zero-order valence-electron chi connectivity index (χ0n) is 11.8. The van der Waals surface area contributed by atoms with E-state index in [0.29, 0.717) is 18.0 Å². The first-order valence-electron chi connectivity index (χ1n) is 6.50. The first kappa shape index (κ1) is 15.1. The van der Waals surface area contributed by atoms with Gasteiger partial charge in [-0.1, -0.05) is 0 Å². The summed E-state index contributed by atoms with van der Waals surface area (Å²) < 4.78 is 36.2. The number of rotatable bonds is 7. The van der Waals surface area contributed by atoms with Gasteiger partial charge in [0.05, 0.1) is 19.0 Å². The van der Waals surface area contributed by atoms with Crippen LogP contribution in [0.15, 0.2) is 30.6 Å². The number of hydrogen-bond acceptors (Lipinski definition) is 4. The standard InChI is InChI=1S/C14H17F2N3O2/c1-3-19-9-10(8-18-19)7-17-12-6-11(20-2)4-5-13(12)21-14(15)16/h4-6,8-9,14,17H,3,7H2,1-2H3. The van der Waals surface area contributed by atoms with Gasteiger partial charge < -0.3 is 14.8 Å². The van der Waals surface area contributed by atoms with Gasteiger partial charge in [0, 0.05) is 30.9 Å². The molecule has 1 aromatic carbocycles. The molecule has 5 nitrogen and oxygen atoms in total. The lowest BCUT2D eigenvalue weighted by Gasteiger charge is -2.13. The predicted molar refractivity (Wildman–Crippen MR) is 74.9 cm³/mol. The van der Waals surface area contributed by atoms with Crippen LogP contribution in [0.4, 0.5) is 14.5 Å². The van der Waals surface area contributed by atoms with E-state index in [1.165, 1.54) is 13.2 Å². The van der Waals surface area contributed by atoms with E-state index in [1.807, 2.05) is 13.1 Å².